The molecule has 0 aliphatic rings. The lowest BCUT2D eigenvalue weighted by molar-refractivity contribution is 0.355. The van der Waals surface area contributed by atoms with Crippen molar-refractivity contribution in [3.63, 3.8) is 0 Å². The van der Waals surface area contributed by atoms with Gasteiger partial charge in [0.25, 0.3) is 5.56 Å². The van der Waals surface area contributed by atoms with Crippen LogP contribution in [0.15, 0.2) is 77.6 Å². The summed E-state index contributed by atoms with van der Waals surface area (Å²) in [4.78, 5) is 16.2. The molecule has 3 aromatic carbocycles. The summed E-state index contributed by atoms with van der Waals surface area (Å²) in [5.74, 6) is 1.25. The standard InChI is InChI=1S/C29H28N4O3/c1-18-12-19(2)14-22(13-18)30-17-21-15-24-27(20-10-11-25(35-3)26(16-20)36-4)32-33(28(24)31-29(21)34)23-8-6-5-7-9-23/h5-16,30H,17H2,1-4H3,(H,31,34). The Morgan fingerprint density at radius 3 is 2.31 bits per heavy atom. The predicted molar refractivity (Wildman–Crippen MR) is 143 cm³/mol. The number of aromatic nitrogens is 3. The van der Waals surface area contributed by atoms with E-state index >= 15 is 0 Å². The number of ether oxygens (including phenoxy) is 2. The van der Waals surface area contributed by atoms with Gasteiger partial charge in [-0.3, -0.25) is 4.79 Å². The number of methoxy groups -OCH3 is 2. The summed E-state index contributed by atoms with van der Waals surface area (Å²) in [5.41, 5.74) is 6.85. The van der Waals surface area contributed by atoms with Crippen molar-refractivity contribution in [2.24, 2.45) is 0 Å². The van der Waals surface area contributed by atoms with Gasteiger partial charge in [-0.2, -0.15) is 5.10 Å². The number of para-hydroxylation sites is 1. The number of nitrogens with zero attached hydrogens (tertiary/aromatic N) is 2. The van der Waals surface area contributed by atoms with E-state index in [9.17, 15) is 4.79 Å². The van der Waals surface area contributed by atoms with E-state index in [1.807, 2.05) is 54.6 Å². The lowest BCUT2D eigenvalue weighted by Gasteiger charge is -2.10. The molecule has 2 aromatic heterocycles. The Bertz CT molecular complexity index is 1580. The van der Waals surface area contributed by atoms with Gasteiger partial charge in [0.05, 0.1) is 19.9 Å². The van der Waals surface area contributed by atoms with E-state index in [1.165, 1.54) is 11.1 Å². The van der Waals surface area contributed by atoms with Gasteiger partial charge in [0.2, 0.25) is 0 Å². The van der Waals surface area contributed by atoms with Crippen molar-refractivity contribution in [2.45, 2.75) is 20.4 Å². The van der Waals surface area contributed by atoms with Crippen molar-refractivity contribution in [1.82, 2.24) is 14.8 Å². The SMILES string of the molecule is COc1ccc(-c2nn(-c3ccccc3)c3[nH]c(=O)c(CNc4cc(C)cc(C)c4)cc23)cc1OC. The largest absolute Gasteiger partial charge is 0.493 e. The monoisotopic (exact) mass is 480 g/mol. The summed E-state index contributed by atoms with van der Waals surface area (Å²) < 4.78 is 12.7. The third kappa shape index (κ3) is 4.43. The lowest BCUT2D eigenvalue weighted by atomic mass is 10.1. The maximum Gasteiger partial charge on any atom is 0.254 e. The average molecular weight is 481 g/mol. The van der Waals surface area contributed by atoms with Crippen LogP contribution in [0.25, 0.3) is 28.0 Å². The first kappa shape index (κ1) is 23.2. The fraction of sp³-hybridized carbons (Fsp3) is 0.172. The summed E-state index contributed by atoms with van der Waals surface area (Å²) in [6, 6.07) is 23.6. The van der Waals surface area contributed by atoms with Crippen molar-refractivity contribution in [3.8, 4) is 28.4 Å². The summed E-state index contributed by atoms with van der Waals surface area (Å²) in [7, 11) is 3.22. The van der Waals surface area contributed by atoms with E-state index in [4.69, 9.17) is 14.6 Å². The zero-order valence-electron chi connectivity index (χ0n) is 20.8. The van der Waals surface area contributed by atoms with Crippen LogP contribution in [0.4, 0.5) is 5.69 Å². The first-order valence-electron chi connectivity index (χ1n) is 11.7. The van der Waals surface area contributed by atoms with Gasteiger partial charge in [-0.25, -0.2) is 4.68 Å². The third-order valence-corrected chi connectivity index (χ3v) is 6.13. The minimum atomic E-state index is -0.157. The highest BCUT2D eigenvalue weighted by atomic mass is 16.5. The van der Waals surface area contributed by atoms with Gasteiger partial charge in [-0.1, -0.05) is 24.3 Å². The van der Waals surface area contributed by atoms with Gasteiger partial charge >= 0.3 is 0 Å². The van der Waals surface area contributed by atoms with Gasteiger partial charge in [0.15, 0.2) is 11.5 Å². The molecule has 5 aromatic rings. The van der Waals surface area contributed by atoms with Crippen LogP contribution in [-0.4, -0.2) is 29.0 Å². The lowest BCUT2D eigenvalue weighted by Crippen LogP contribution is -2.16. The Labute approximate surface area is 209 Å². The van der Waals surface area contributed by atoms with E-state index in [1.54, 1.807) is 18.9 Å². The zero-order chi connectivity index (χ0) is 25.2. The first-order chi connectivity index (χ1) is 17.5. The quantitative estimate of drug-likeness (QED) is 0.316. The molecule has 0 saturated carbocycles. The van der Waals surface area contributed by atoms with Gasteiger partial charge in [0.1, 0.15) is 11.3 Å². The summed E-state index contributed by atoms with van der Waals surface area (Å²) in [5, 5.41) is 9.15. The number of fused-ring (bicyclic) bond motifs is 1. The number of benzene rings is 3. The second-order valence-electron chi connectivity index (χ2n) is 8.78. The molecular weight excluding hydrogens is 452 g/mol. The number of hydrogen-bond donors (Lipinski definition) is 2. The van der Waals surface area contributed by atoms with Gasteiger partial charge in [-0.15, -0.1) is 0 Å². The van der Waals surface area contributed by atoms with Crippen molar-refractivity contribution >= 4 is 16.7 Å². The molecule has 0 amide bonds. The molecule has 0 spiro atoms. The van der Waals surface area contributed by atoms with Crippen LogP contribution in [-0.2, 0) is 6.54 Å². The Balaban J connectivity index is 1.64. The molecule has 7 heteroatoms. The van der Waals surface area contributed by atoms with Crippen LogP contribution in [0.3, 0.4) is 0 Å². The highest BCUT2D eigenvalue weighted by Crippen LogP contribution is 2.35. The highest BCUT2D eigenvalue weighted by Gasteiger charge is 2.18. The highest BCUT2D eigenvalue weighted by molar-refractivity contribution is 5.93. The molecule has 0 unspecified atom stereocenters. The minimum absolute atomic E-state index is 0.157. The van der Waals surface area contributed by atoms with Crippen LogP contribution >= 0.6 is 0 Å². The Hall–Kier alpha value is -4.52. The van der Waals surface area contributed by atoms with Crippen LogP contribution < -0.4 is 20.3 Å². The topological polar surface area (TPSA) is 81.2 Å². The molecule has 0 aliphatic carbocycles. The molecule has 0 saturated heterocycles. The van der Waals surface area contributed by atoms with E-state index in [0.717, 1.165) is 28.0 Å². The molecule has 7 nitrogen and oxygen atoms in total. The Morgan fingerprint density at radius 1 is 0.889 bits per heavy atom. The average Bonchev–Trinajstić information content (AvgIpc) is 3.25. The predicted octanol–water partition coefficient (Wildman–Crippen LogP) is 5.63. The van der Waals surface area contributed by atoms with Crippen molar-refractivity contribution in [2.75, 3.05) is 19.5 Å². The van der Waals surface area contributed by atoms with E-state index in [-0.39, 0.29) is 5.56 Å². The van der Waals surface area contributed by atoms with E-state index in [0.29, 0.717) is 29.3 Å². The van der Waals surface area contributed by atoms with E-state index < -0.39 is 0 Å². The Kier molecular flexibility index (Phi) is 6.21. The molecule has 0 aliphatic heterocycles. The number of hydrogen-bond acceptors (Lipinski definition) is 5. The molecule has 5 rings (SSSR count). The number of H-pyrrole nitrogens is 1. The molecule has 2 heterocycles. The fourth-order valence-electron chi connectivity index (χ4n) is 4.47. The smallest absolute Gasteiger partial charge is 0.254 e. The maximum atomic E-state index is 13.1. The molecule has 36 heavy (non-hydrogen) atoms. The second kappa shape index (κ2) is 9.62. The number of anilines is 1. The molecule has 0 bridgehead atoms. The Morgan fingerprint density at radius 2 is 1.61 bits per heavy atom. The van der Waals surface area contributed by atoms with Gasteiger partial charge in [0, 0.05) is 28.7 Å². The normalized spacial score (nSPS) is 11.0. The van der Waals surface area contributed by atoms with Crippen molar-refractivity contribution in [3.05, 3.63) is 99.8 Å². The third-order valence-electron chi connectivity index (χ3n) is 6.13. The maximum absolute atomic E-state index is 13.1. The zero-order valence-corrected chi connectivity index (χ0v) is 20.8. The molecule has 0 radical (unpaired) electrons. The number of aryl methyl sites for hydroxylation is 2. The van der Waals surface area contributed by atoms with Crippen LogP contribution in [0.1, 0.15) is 16.7 Å². The summed E-state index contributed by atoms with van der Waals surface area (Å²) in [6.07, 6.45) is 0. The van der Waals surface area contributed by atoms with Gasteiger partial charge < -0.3 is 19.8 Å². The number of aromatic amines is 1. The van der Waals surface area contributed by atoms with E-state index in [2.05, 4.69) is 42.3 Å². The van der Waals surface area contributed by atoms with Crippen LogP contribution in [0.2, 0.25) is 0 Å². The van der Waals surface area contributed by atoms with Crippen LogP contribution in [0.5, 0.6) is 11.5 Å². The molecule has 0 atom stereocenters. The van der Waals surface area contributed by atoms with Crippen LogP contribution in [0, 0.1) is 13.8 Å². The second-order valence-corrected chi connectivity index (χ2v) is 8.78. The summed E-state index contributed by atoms with van der Waals surface area (Å²) in [6.45, 7) is 4.50. The molecule has 182 valence electrons. The minimum Gasteiger partial charge on any atom is -0.493 e. The molecular formula is C29H28N4O3. The van der Waals surface area contributed by atoms with Crippen molar-refractivity contribution < 1.29 is 9.47 Å². The van der Waals surface area contributed by atoms with Crippen molar-refractivity contribution in [1.29, 1.82) is 0 Å². The molecule has 2 N–H and O–H groups in total. The number of nitrogens with one attached hydrogen (secondary N) is 2. The number of rotatable bonds is 7. The summed E-state index contributed by atoms with van der Waals surface area (Å²) >= 11 is 0. The molecule has 0 fully saturated rings. The number of pyridine rings is 1. The van der Waals surface area contributed by atoms with Gasteiger partial charge in [-0.05, 0) is 73.5 Å². The first-order valence-corrected chi connectivity index (χ1v) is 11.7. The fourth-order valence-corrected chi connectivity index (χ4v) is 4.47.